The summed E-state index contributed by atoms with van der Waals surface area (Å²) in [7, 11) is 0. The zero-order valence-electron chi connectivity index (χ0n) is 8.54. The van der Waals surface area contributed by atoms with Gasteiger partial charge >= 0.3 is 0 Å². The first-order valence-corrected chi connectivity index (χ1v) is 5.15. The second-order valence-electron chi connectivity index (χ2n) is 3.58. The highest BCUT2D eigenvalue weighted by Crippen LogP contribution is 2.09. The summed E-state index contributed by atoms with van der Waals surface area (Å²) in [5.74, 6) is -0.192. The smallest absolute Gasteiger partial charge is 0.123 e. The van der Waals surface area contributed by atoms with Crippen molar-refractivity contribution in [3.8, 4) is 0 Å². The number of aryl methyl sites for hydroxylation is 1. The Morgan fingerprint density at radius 3 is 2.50 bits per heavy atom. The molecule has 0 aromatic heterocycles. The molecule has 0 aliphatic rings. The van der Waals surface area contributed by atoms with Gasteiger partial charge in [0.25, 0.3) is 0 Å². The quantitative estimate of drug-likeness (QED) is 0.767. The van der Waals surface area contributed by atoms with E-state index < -0.39 is 0 Å². The van der Waals surface area contributed by atoms with Crippen molar-refractivity contribution in [2.45, 2.75) is 38.7 Å². The van der Waals surface area contributed by atoms with Gasteiger partial charge in [-0.1, -0.05) is 19.1 Å². The SMILES string of the molecule is CCC(O)CCCc1ccc(F)cc1. The molecule has 0 spiro atoms. The van der Waals surface area contributed by atoms with Gasteiger partial charge in [-0.15, -0.1) is 0 Å². The molecular formula is C12H17FO. The number of hydrogen-bond donors (Lipinski definition) is 1. The fraction of sp³-hybridized carbons (Fsp3) is 0.500. The molecular weight excluding hydrogens is 179 g/mol. The molecule has 1 unspecified atom stereocenters. The molecule has 0 amide bonds. The van der Waals surface area contributed by atoms with Crippen molar-refractivity contribution in [1.82, 2.24) is 0 Å². The van der Waals surface area contributed by atoms with Crippen LogP contribution in [-0.2, 0) is 6.42 Å². The van der Waals surface area contributed by atoms with E-state index in [1.54, 1.807) is 12.1 Å². The van der Waals surface area contributed by atoms with E-state index >= 15 is 0 Å². The maximum atomic E-state index is 12.6. The highest BCUT2D eigenvalue weighted by molar-refractivity contribution is 5.15. The minimum Gasteiger partial charge on any atom is -0.393 e. The molecule has 14 heavy (non-hydrogen) atoms. The molecule has 0 radical (unpaired) electrons. The number of aliphatic hydroxyl groups excluding tert-OH is 1. The van der Waals surface area contributed by atoms with Crippen LogP contribution in [-0.4, -0.2) is 11.2 Å². The van der Waals surface area contributed by atoms with Gasteiger partial charge in [-0.05, 0) is 43.4 Å². The third-order valence-electron chi connectivity index (χ3n) is 2.39. The molecule has 0 aliphatic carbocycles. The number of rotatable bonds is 5. The zero-order chi connectivity index (χ0) is 10.4. The first kappa shape index (κ1) is 11.2. The predicted molar refractivity (Wildman–Crippen MR) is 55.6 cm³/mol. The normalized spacial score (nSPS) is 12.8. The van der Waals surface area contributed by atoms with Crippen LogP contribution < -0.4 is 0 Å². The second kappa shape index (κ2) is 5.76. The summed E-state index contributed by atoms with van der Waals surface area (Å²) in [6, 6.07) is 6.55. The van der Waals surface area contributed by atoms with Gasteiger partial charge in [0.1, 0.15) is 5.82 Å². The molecule has 1 atom stereocenters. The lowest BCUT2D eigenvalue weighted by molar-refractivity contribution is 0.158. The minimum atomic E-state index is -0.192. The van der Waals surface area contributed by atoms with Crippen LogP contribution in [0.15, 0.2) is 24.3 Å². The Bertz CT molecular complexity index is 256. The van der Waals surface area contributed by atoms with Gasteiger partial charge in [-0.3, -0.25) is 0 Å². The number of benzene rings is 1. The van der Waals surface area contributed by atoms with Crippen LogP contribution in [0.25, 0.3) is 0 Å². The summed E-state index contributed by atoms with van der Waals surface area (Å²) >= 11 is 0. The average molecular weight is 196 g/mol. The van der Waals surface area contributed by atoms with Gasteiger partial charge < -0.3 is 5.11 Å². The van der Waals surface area contributed by atoms with Crippen LogP contribution >= 0.6 is 0 Å². The molecule has 1 aromatic carbocycles. The summed E-state index contributed by atoms with van der Waals surface area (Å²) in [4.78, 5) is 0. The highest BCUT2D eigenvalue weighted by atomic mass is 19.1. The Balaban J connectivity index is 2.28. The summed E-state index contributed by atoms with van der Waals surface area (Å²) in [6.45, 7) is 1.97. The van der Waals surface area contributed by atoms with E-state index in [1.165, 1.54) is 12.1 Å². The van der Waals surface area contributed by atoms with Crippen molar-refractivity contribution in [2.75, 3.05) is 0 Å². The molecule has 1 aromatic rings. The molecule has 0 saturated carbocycles. The van der Waals surface area contributed by atoms with E-state index in [-0.39, 0.29) is 11.9 Å². The monoisotopic (exact) mass is 196 g/mol. The second-order valence-corrected chi connectivity index (χ2v) is 3.58. The molecule has 1 nitrogen and oxygen atoms in total. The Morgan fingerprint density at radius 2 is 1.93 bits per heavy atom. The standard InChI is InChI=1S/C12H17FO/c1-2-12(14)5-3-4-10-6-8-11(13)9-7-10/h6-9,12,14H,2-5H2,1H3. The molecule has 0 aliphatic heterocycles. The third kappa shape index (κ3) is 3.88. The Kier molecular flexibility index (Phi) is 4.60. The molecule has 0 saturated heterocycles. The van der Waals surface area contributed by atoms with Crippen LogP contribution in [0.1, 0.15) is 31.7 Å². The maximum Gasteiger partial charge on any atom is 0.123 e. The Hall–Kier alpha value is -0.890. The molecule has 1 rings (SSSR count). The van der Waals surface area contributed by atoms with Gasteiger partial charge in [-0.25, -0.2) is 4.39 Å². The fourth-order valence-corrected chi connectivity index (χ4v) is 1.40. The molecule has 2 heteroatoms. The fourth-order valence-electron chi connectivity index (χ4n) is 1.40. The van der Waals surface area contributed by atoms with Crippen molar-refractivity contribution in [3.63, 3.8) is 0 Å². The Morgan fingerprint density at radius 1 is 1.29 bits per heavy atom. The Labute approximate surface area is 84.6 Å². The van der Waals surface area contributed by atoms with Crippen LogP contribution in [0.3, 0.4) is 0 Å². The maximum absolute atomic E-state index is 12.6. The largest absolute Gasteiger partial charge is 0.393 e. The first-order chi connectivity index (χ1) is 6.72. The van der Waals surface area contributed by atoms with Gasteiger partial charge in [0, 0.05) is 0 Å². The summed E-state index contributed by atoms with van der Waals surface area (Å²) in [5.41, 5.74) is 1.13. The van der Waals surface area contributed by atoms with E-state index in [2.05, 4.69) is 0 Å². The summed E-state index contributed by atoms with van der Waals surface area (Å²) in [5, 5.41) is 9.32. The van der Waals surface area contributed by atoms with Gasteiger partial charge in [0.2, 0.25) is 0 Å². The van der Waals surface area contributed by atoms with E-state index in [0.29, 0.717) is 0 Å². The van der Waals surface area contributed by atoms with Gasteiger partial charge in [0.05, 0.1) is 6.10 Å². The molecule has 1 N–H and O–H groups in total. The lowest BCUT2D eigenvalue weighted by atomic mass is 10.1. The molecule has 0 heterocycles. The van der Waals surface area contributed by atoms with Gasteiger partial charge in [-0.2, -0.15) is 0 Å². The molecule has 0 fully saturated rings. The van der Waals surface area contributed by atoms with Crippen LogP contribution in [0, 0.1) is 5.82 Å². The van der Waals surface area contributed by atoms with Crippen molar-refractivity contribution in [3.05, 3.63) is 35.6 Å². The summed E-state index contributed by atoms with van der Waals surface area (Å²) in [6.07, 6.45) is 3.32. The van der Waals surface area contributed by atoms with Crippen molar-refractivity contribution < 1.29 is 9.50 Å². The summed E-state index contributed by atoms with van der Waals surface area (Å²) < 4.78 is 12.6. The van der Waals surface area contributed by atoms with Crippen molar-refractivity contribution >= 4 is 0 Å². The number of aliphatic hydroxyl groups is 1. The minimum absolute atomic E-state index is 0.185. The predicted octanol–water partition coefficient (Wildman–Crippen LogP) is 2.92. The lowest BCUT2D eigenvalue weighted by Gasteiger charge is -2.06. The number of hydrogen-bond acceptors (Lipinski definition) is 1. The van der Waals surface area contributed by atoms with E-state index in [9.17, 15) is 9.50 Å². The average Bonchev–Trinajstić information content (AvgIpc) is 2.21. The van der Waals surface area contributed by atoms with Crippen molar-refractivity contribution in [1.29, 1.82) is 0 Å². The highest BCUT2D eigenvalue weighted by Gasteiger charge is 2.00. The van der Waals surface area contributed by atoms with E-state index in [4.69, 9.17) is 0 Å². The molecule has 0 bridgehead atoms. The van der Waals surface area contributed by atoms with E-state index in [1.807, 2.05) is 6.92 Å². The third-order valence-corrected chi connectivity index (χ3v) is 2.39. The van der Waals surface area contributed by atoms with Crippen LogP contribution in [0.4, 0.5) is 4.39 Å². The van der Waals surface area contributed by atoms with E-state index in [0.717, 1.165) is 31.2 Å². The van der Waals surface area contributed by atoms with Gasteiger partial charge in [0.15, 0.2) is 0 Å². The lowest BCUT2D eigenvalue weighted by Crippen LogP contribution is -2.04. The van der Waals surface area contributed by atoms with Crippen LogP contribution in [0.2, 0.25) is 0 Å². The topological polar surface area (TPSA) is 20.2 Å². The van der Waals surface area contributed by atoms with Crippen molar-refractivity contribution in [2.24, 2.45) is 0 Å². The zero-order valence-corrected chi connectivity index (χ0v) is 8.54. The number of halogens is 1. The first-order valence-electron chi connectivity index (χ1n) is 5.15. The molecule has 78 valence electrons. The van der Waals surface area contributed by atoms with Crippen LogP contribution in [0.5, 0.6) is 0 Å².